The van der Waals surface area contributed by atoms with Gasteiger partial charge in [-0.1, -0.05) is 0 Å². The van der Waals surface area contributed by atoms with E-state index < -0.39 is 71.9 Å². The molecule has 1 aromatic rings. The Labute approximate surface area is 209 Å². The summed E-state index contributed by atoms with van der Waals surface area (Å²) in [6.07, 6.45) is 0.309. The third-order valence-corrected chi connectivity index (χ3v) is 7.57. The zero-order chi connectivity index (χ0) is 27.1. The summed E-state index contributed by atoms with van der Waals surface area (Å²) in [5.41, 5.74) is 10.6. The van der Waals surface area contributed by atoms with Crippen molar-refractivity contribution in [3.63, 3.8) is 0 Å². The number of nitrogens with zero attached hydrogens (tertiary/aromatic N) is 1. The normalized spacial score (nSPS) is 26.2. The second-order valence-corrected chi connectivity index (χ2v) is 10.1. The number of aliphatic hydroxyl groups excluding tert-OH is 2. The molecule has 11 heteroatoms. The molecule has 1 amide bonds. The summed E-state index contributed by atoms with van der Waals surface area (Å²) in [5.74, 6) is -6.37. The molecule has 0 bridgehead atoms. The van der Waals surface area contributed by atoms with Gasteiger partial charge in [-0.3, -0.25) is 14.4 Å². The van der Waals surface area contributed by atoms with Crippen molar-refractivity contribution in [1.82, 2.24) is 4.90 Å². The Morgan fingerprint density at radius 1 is 1.28 bits per heavy atom. The number of amides is 1. The van der Waals surface area contributed by atoms with Gasteiger partial charge in [0.05, 0.1) is 24.1 Å². The number of rotatable bonds is 9. The van der Waals surface area contributed by atoms with E-state index in [4.69, 9.17) is 11.5 Å². The van der Waals surface area contributed by atoms with Gasteiger partial charge in [0.15, 0.2) is 11.6 Å². The van der Waals surface area contributed by atoms with Gasteiger partial charge in [-0.05, 0) is 64.4 Å². The summed E-state index contributed by atoms with van der Waals surface area (Å²) in [5, 5.41) is 35.2. The van der Waals surface area contributed by atoms with Crippen LogP contribution < -0.4 is 16.8 Å². The van der Waals surface area contributed by atoms with E-state index in [-0.39, 0.29) is 29.7 Å². The number of Topliss-reactive ketones (excluding diaryl/α,β-unsaturated/α-hetero) is 2. The van der Waals surface area contributed by atoms with Gasteiger partial charge in [-0.25, -0.2) is 4.39 Å². The molecule has 0 saturated heterocycles. The highest BCUT2D eigenvalue weighted by Crippen LogP contribution is 2.49. The number of benzene rings is 1. The number of carbonyl (C=O) groups excluding carboxylic acids is 3. The van der Waals surface area contributed by atoms with E-state index in [1.54, 1.807) is 32.0 Å². The molecule has 0 spiro atoms. The molecule has 36 heavy (non-hydrogen) atoms. The number of carbonyl (C=O) groups is 3. The molecular weight excluding hydrogens is 471 g/mol. The second-order valence-electron chi connectivity index (χ2n) is 10.1. The van der Waals surface area contributed by atoms with E-state index >= 15 is 0 Å². The van der Waals surface area contributed by atoms with Crippen LogP contribution in [0, 0.1) is 17.8 Å². The van der Waals surface area contributed by atoms with E-state index in [1.165, 1.54) is 13.0 Å². The van der Waals surface area contributed by atoms with Crippen LogP contribution in [0.4, 0.5) is 10.1 Å². The predicted molar refractivity (Wildman–Crippen MR) is 131 cm³/mol. The Hall–Kier alpha value is -3.02. The number of primary amides is 1. The number of likely N-dealkylation sites (N-methyl/N-ethyl adjacent to an activating group) is 1. The van der Waals surface area contributed by atoms with Gasteiger partial charge in [0, 0.05) is 23.2 Å². The van der Waals surface area contributed by atoms with Crippen LogP contribution in [-0.2, 0) is 16.0 Å². The monoisotopic (exact) mass is 506 g/mol. The van der Waals surface area contributed by atoms with Gasteiger partial charge in [-0.15, -0.1) is 0 Å². The van der Waals surface area contributed by atoms with Crippen LogP contribution in [0.2, 0.25) is 0 Å². The fourth-order valence-electron chi connectivity index (χ4n) is 5.50. The molecule has 3 unspecified atom stereocenters. The highest BCUT2D eigenvalue weighted by molar-refractivity contribution is 6.16. The molecule has 0 aromatic heterocycles. The molecule has 0 fully saturated rings. The quantitative estimate of drug-likeness (QED) is 0.207. The Balaban J connectivity index is 2.25. The molecule has 6 atom stereocenters. The van der Waals surface area contributed by atoms with Crippen LogP contribution in [0.15, 0.2) is 23.5 Å². The van der Waals surface area contributed by atoms with E-state index in [2.05, 4.69) is 5.32 Å². The number of aliphatic hydroxyl groups is 2. The van der Waals surface area contributed by atoms with Crippen molar-refractivity contribution in [3.8, 4) is 5.75 Å². The van der Waals surface area contributed by atoms with Crippen LogP contribution in [0.3, 0.4) is 0 Å². The van der Waals surface area contributed by atoms with Crippen LogP contribution in [0.5, 0.6) is 5.75 Å². The average molecular weight is 507 g/mol. The molecule has 0 heterocycles. The number of nitrogens with two attached hydrogens (primary N) is 2. The number of fused-ring (bicyclic) bond motifs is 2. The average Bonchev–Trinajstić information content (AvgIpc) is 2.82. The van der Waals surface area contributed by atoms with Gasteiger partial charge in [0.25, 0.3) is 0 Å². The van der Waals surface area contributed by atoms with Crippen molar-refractivity contribution in [1.29, 1.82) is 0 Å². The first kappa shape index (κ1) is 27.6. The van der Waals surface area contributed by atoms with Gasteiger partial charge >= 0.3 is 0 Å². The largest absolute Gasteiger partial charge is 0.509 e. The fourth-order valence-corrected chi connectivity index (χ4v) is 5.50. The Morgan fingerprint density at radius 2 is 1.92 bits per heavy atom. The SMILES string of the molecule is CC(CF)Nc1ccc(O)c2c1C[C@H]1C[C@@H](C(CO)N(C)C)[C@@](N)(C(=O)C(C)C(N)=O)C(O)=C1C2=O. The molecule has 1 aromatic carbocycles. The summed E-state index contributed by atoms with van der Waals surface area (Å²) < 4.78 is 13.2. The number of phenolic OH excluding ortho intramolecular Hbond substituents is 1. The number of hydrogen-bond donors (Lipinski definition) is 6. The number of halogens is 1. The first-order valence-electron chi connectivity index (χ1n) is 11.9. The number of ketones is 2. The maximum absolute atomic E-state index is 13.7. The van der Waals surface area contributed by atoms with Gasteiger partial charge in [-0.2, -0.15) is 0 Å². The minimum absolute atomic E-state index is 0.0635. The standard InChI is InChI=1S/C25H35FN4O6/c1-11(9-26)29-16-5-6-18(32)20-14(16)7-13-8-15(17(10-31)30(3)4)25(28,22(34)12(2)24(27)36)23(35)19(13)21(20)33/h5-6,11-13,15,17,29,31-32,35H,7-10,28H2,1-4H3,(H2,27,36)/t11?,12?,13-,15-,17?,25+/m0/s1. The Bertz CT molecular complexity index is 1110. The molecule has 2 aliphatic rings. The van der Waals surface area contributed by atoms with E-state index in [1.807, 2.05) is 0 Å². The second kappa shape index (κ2) is 10.2. The first-order valence-corrected chi connectivity index (χ1v) is 11.9. The fraction of sp³-hybridized carbons (Fsp3) is 0.560. The van der Waals surface area contributed by atoms with Crippen LogP contribution in [0.1, 0.15) is 36.2 Å². The molecule has 8 N–H and O–H groups in total. The summed E-state index contributed by atoms with van der Waals surface area (Å²) in [6.45, 7) is 1.85. The lowest BCUT2D eigenvalue weighted by Crippen LogP contribution is -2.66. The topological polar surface area (TPSA) is 179 Å². The molecule has 0 radical (unpaired) electrons. The van der Waals surface area contributed by atoms with Crippen molar-refractivity contribution in [2.45, 2.75) is 44.3 Å². The lowest BCUT2D eigenvalue weighted by molar-refractivity contribution is -0.137. The number of phenols is 1. The van der Waals surface area contributed by atoms with Crippen molar-refractivity contribution in [2.75, 3.05) is 32.7 Å². The van der Waals surface area contributed by atoms with E-state index in [9.17, 15) is 34.1 Å². The highest BCUT2D eigenvalue weighted by atomic mass is 19.1. The van der Waals surface area contributed by atoms with Gasteiger partial charge < -0.3 is 37.0 Å². The van der Waals surface area contributed by atoms with Crippen molar-refractivity contribution in [3.05, 3.63) is 34.6 Å². The minimum Gasteiger partial charge on any atom is -0.509 e. The number of hydrogen-bond acceptors (Lipinski definition) is 9. The summed E-state index contributed by atoms with van der Waals surface area (Å²) in [4.78, 5) is 40.7. The molecule has 2 aliphatic carbocycles. The van der Waals surface area contributed by atoms with Crippen LogP contribution in [0.25, 0.3) is 0 Å². The number of anilines is 1. The maximum atomic E-state index is 13.7. The Kier molecular flexibility index (Phi) is 7.77. The zero-order valence-corrected chi connectivity index (χ0v) is 20.9. The first-order chi connectivity index (χ1) is 16.8. The summed E-state index contributed by atoms with van der Waals surface area (Å²) >= 11 is 0. The zero-order valence-electron chi connectivity index (χ0n) is 20.9. The lowest BCUT2D eigenvalue weighted by Gasteiger charge is -2.49. The number of alkyl halides is 1. The Morgan fingerprint density at radius 3 is 2.44 bits per heavy atom. The number of aromatic hydroxyl groups is 1. The van der Waals surface area contributed by atoms with Crippen molar-refractivity contribution >= 4 is 23.2 Å². The third-order valence-electron chi connectivity index (χ3n) is 7.57. The van der Waals surface area contributed by atoms with Crippen molar-refractivity contribution in [2.24, 2.45) is 29.2 Å². The van der Waals surface area contributed by atoms with Gasteiger partial charge in [0.2, 0.25) is 5.91 Å². The summed E-state index contributed by atoms with van der Waals surface area (Å²) in [7, 11) is 3.36. The highest BCUT2D eigenvalue weighted by Gasteiger charge is 2.58. The predicted octanol–water partition coefficient (Wildman–Crippen LogP) is 0.660. The molecule has 10 nitrogen and oxygen atoms in total. The molecule has 0 aliphatic heterocycles. The summed E-state index contributed by atoms with van der Waals surface area (Å²) in [6, 6.07) is 1.62. The number of allylic oxidation sites excluding steroid dienone is 1. The van der Waals surface area contributed by atoms with Crippen LogP contribution in [-0.4, -0.2) is 82.7 Å². The van der Waals surface area contributed by atoms with Crippen molar-refractivity contribution < 1.29 is 34.1 Å². The van der Waals surface area contributed by atoms with E-state index in [0.29, 0.717) is 11.3 Å². The smallest absolute Gasteiger partial charge is 0.227 e. The molecule has 3 rings (SSSR count). The number of nitrogens with one attached hydrogen (secondary N) is 1. The molecular formula is C25H35FN4O6. The van der Waals surface area contributed by atoms with Crippen LogP contribution >= 0.6 is 0 Å². The molecule has 198 valence electrons. The lowest BCUT2D eigenvalue weighted by atomic mass is 9.59. The van der Waals surface area contributed by atoms with Gasteiger partial charge in [0.1, 0.15) is 23.7 Å². The van der Waals surface area contributed by atoms with E-state index in [0.717, 1.165) is 0 Å². The third kappa shape index (κ3) is 4.35. The molecule has 0 saturated carbocycles. The minimum atomic E-state index is -2.18. The maximum Gasteiger partial charge on any atom is 0.227 e.